The Bertz CT molecular complexity index is 6790. The molecule has 148 heavy (non-hydrogen) atoms. The average Bonchev–Trinajstić information content (AvgIpc) is 1.13. The van der Waals surface area contributed by atoms with Crippen LogP contribution in [-0.2, 0) is 33.0 Å². The van der Waals surface area contributed by atoms with Gasteiger partial charge < -0.3 is 82.8 Å². The van der Waals surface area contributed by atoms with E-state index in [1.54, 1.807) is 37.5 Å². The van der Waals surface area contributed by atoms with Gasteiger partial charge in [-0.3, -0.25) is 14.4 Å². The Morgan fingerprint density at radius 3 is 1.01 bits per heavy atom. The molecule has 8 aromatic heterocycles. The van der Waals surface area contributed by atoms with Crippen molar-refractivity contribution in [2.45, 2.75) is 88.4 Å². The Morgan fingerprint density at radius 1 is 0.358 bits per heavy atom. The van der Waals surface area contributed by atoms with Gasteiger partial charge in [-0.25, -0.2) is 29.9 Å². The second-order valence-corrected chi connectivity index (χ2v) is 42.0. The van der Waals surface area contributed by atoms with Crippen LogP contribution < -0.4 is 53.9 Å². The maximum Gasteiger partial charge on any atom is 0.233 e. The van der Waals surface area contributed by atoms with Crippen molar-refractivity contribution in [3.8, 4) is 35.5 Å². The second kappa shape index (κ2) is 55.1. The first-order valence-electron chi connectivity index (χ1n) is 48.6. The number of nitrogen functional groups attached to an aromatic ring is 1. The lowest BCUT2D eigenvalue weighted by Gasteiger charge is -2.32. The number of pyridine rings is 1. The third kappa shape index (κ3) is 32.2. The van der Waals surface area contributed by atoms with Gasteiger partial charge in [-0.15, -0.1) is 11.3 Å². The van der Waals surface area contributed by atoms with Gasteiger partial charge >= 0.3 is 0 Å². The van der Waals surface area contributed by atoms with Gasteiger partial charge in [0, 0.05) is 152 Å². The predicted molar refractivity (Wildman–Crippen MR) is 583 cm³/mol. The molecule has 38 heteroatoms. The second-order valence-electron chi connectivity index (χ2n) is 35.2. The summed E-state index contributed by atoms with van der Waals surface area (Å²) in [6.07, 6.45) is 12.3. The highest BCUT2D eigenvalue weighted by atomic mass is 32.2. The van der Waals surface area contributed by atoms with E-state index in [-0.39, 0.29) is 11.5 Å². The number of hydrogen-bond donors (Lipinski definition) is 1. The Balaban J connectivity index is 0.000000132. The number of ether oxygens (including phenoxy) is 5. The fourth-order valence-corrected chi connectivity index (χ4v) is 20.7. The van der Waals surface area contributed by atoms with E-state index >= 15 is 0 Å². The molecule has 0 aliphatic carbocycles. The summed E-state index contributed by atoms with van der Waals surface area (Å²) in [5.74, 6) is 7.09. The number of thiophene rings is 1. The predicted octanol–water partition coefficient (Wildman–Crippen LogP) is 18.1. The molecule has 7 aromatic carbocycles. The Kier molecular flexibility index (Phi) is 39.7. The minimum atomic E-state index is 0.0778. The molecule has 20 rings (SSSR count). The third-order valence-electron chi connectivity index (χ3n) is 24.1. The quantitative estimate of drug-likeness (QED) is 0.0295. The van der Waals surface area contributed by atoms with Crippen LogP contribution in [0.15, 0.2) is 327 Å². The monoisotopic (exact) mass is 2100 g/mol. The van der Waals surface area contributed by atoms with Gasteiger partial charge in [0.25, 0.3) is 0 Å². The summed E-state index contributed by atoms with van der Waals surface area (Å²) in [6, 6.07) is 78.3. The number of anilines is 6. The molecule has 762 valence electrons. The van der Waals surface area contributed by atoms with E-state index in [2.05, 4.69) is 120 Å². The minimum Gasteiger partial charge on any atom is -0.472 e. The van der Waals surface area contributed by atoms with E-state index in [1.165, 1.54) is 70.1 Å². The smallest absolute Gasteiger partial charge is 0.233 e. The Labute approximate surface area is 888 Å². The number of carbonyl (C=O) groups is 3. The molecule has 5 aliphatic heterocycles. The van der Waals surface area contributed by atoms with E-state index in [0.29, 0.717) is 120 Å². The van der Waals surface area contributed by atoms with Crippen LogP contribution in [0.3, 0.4) is 0 Å². The largest absolute Gasteiger partial charge is 0.472 e. The van der Waals surface area contributed by atoms with E-state index < -0.39 is 0 Å². The maximum atomic E-state index is 11.6. The van der Waals surface area contributed by atoms with E-state index in [4.69, 9.17) is 64.0 Å². The number of aromatic nitrogens is 11. The number of piperazine rings is 5. The number of nitrogens with zero attached hydrogens (tertiary/aromatic N) is 22. The lowest BCUT2D eigenvalue weighted by atomic mass is 10.2. The summed E-state index contributed by atoms with van der Waals surface area (Å²) < 4.78 is 37.1. The van der Waals surface area contributed by atoms with E-state index in [1.807, 2.05) is 243 Å². The number of carbonyl (C=O) groups excluding carboxylic acids is 3. The van der Waals surface area contributed by atoms with Gasteiger partial charge in [-0.1, -0.05) is 211 Å². The van der Waals surface area contributed by atoms with Crippen molar-refractivity contribution >= 4 is 124 Å². The summed E-state index contributed by atoms with van der Waals surface area (Å²) in [5.41, 5.74) is 12.7. The zero-order valence-corrected chi connectivity index (χ0v) is 88.3. The van der Waals surface area contributed by atoms with Crippen LogP contribution in [0.25, 0.3) is 0 Å². The number of rotatable bonds is 33. The summed E-state index contributed by atoms with van der Waals surface area (Å²) in [6.45, 7) is 22.5. The van der Waals surface area contributed by atoms with Gasteiger partial charge in [0.15, 0.2) is 22.9 Å². The molecule has 0 spiro atoms. The molecule has 0 bridgehead atoms. The molecule has 13 heterocycles. The zero-order valence-electron chi connectivity index (χ0n) is 83.4. The highest BCUT2D eigenvalue weighted by Gasteiger charge is 2.28. The average molecular weight is 2100 g/mol. The molecule has 5 saturated heterocycles. The molecule has 0 unspecified atom stereocenters. The molecule has 0 atom stereocenters. The van der Waals surface area contributed by atoms with Crippen LogP contribution in [0, 0.1) is 11.3 Å². The fraction of sp³-hybridized carbons (Fsp3) is 0.282. The SMILES string of the molecule is CC(=O)c1ccc(Sc2cnc(N3CCN(C)CC3)nc2OCc2ccccc2)s1.CN1CCN(c2ncc(Sc3ccc(C#N)cc3)c(OCc3ccccc3)n2)CC1.CN1CCN(c2ncc(Sc3ccc(C=O)o3)c(OCc3ccccc3)n2)CC1.CN1CCN(c2ncc(Sc3cccc(C=O)c3)c(OCc3ccccc3)n2)CC1.CN1CCN(c2ncc(Sc3cccnc3N)c(OCc3ccccc3)n2)CC1. The van der Waals surface area contributed by atoms with Crippen LogP contribution in [-0.4, -0.2) is 264 Å². The first kappa shape index (κ1) is 107. The van der Waals surface area contributed by atoms with Gasteiger partial charge in [-0.2, -0.15) is 30.2 Å². The molecule has 0 radical (unpaired) electrons. The molecule has 0 saturated carbocycles. The molecule has 5 aliphatic rings. The number of ketones is 1. The van der Waals surface area contributed by atoms with Crippen molar-refractivity contribution in [1.82, 2.24) is 79.3 Å². The molecule has 2 N–H and O–H groups in total. The standard InChI is InChI=1S/C23H23N5OS.C23H24N4O2S.C22H24N4O2S2.C21H24N6OS.C21H22N4O3S/c1-27-11-13-28(14-12-27)23-25-16-21(30-20-9-7-18(15-24)8-10-20)22(26-23)29-17-19-5-3-2-4-6-19;1-26-10-12-27(13-11-26)23-24-15-21(30-20-9-5-8-19(14-20)16-28)22(25-23)29-17-18-6-3-2-4-7-18;1-16(27)18-8-9-20(29-18)30-19-14-23-22(26-12-10-25(2)11-13-26)24-21(19)28-15-17-6-4-3-5-7-17;1-26-10-12-27(13-11-26)21-24-14-18(29-17-8-5-9-23-19(17)22)20(25-21)28-15-16-6-3-2-4-7-16;1-24-9-11-25(12-10-24)21-22-13-18(29-19-8-7-17(14-26)28-19)20(23-21)27-15-16-5-3-2-4-6-16/h2-10,16H,11-14,17H2,1H3;2-9,14-16H,10-13,17H2,1H3;3-9,14H,10-13,15H2,1-2H3;2-9,14H,10-13,15H2,1H3,(H2,22,23);2-8,13-14H,9-12,15H2,1H3. The number of benzene rings is 7. The van der Waals surface area contributed by atoms with Crippen LogP contribution in [0.1, 0.15) is 70.9 Å². The van der Waals surface area contributed by atoms with Crippen LogP contribution in [0.2, 0.25) is 0 Å². The zero-order chi connectivity index (χ0) is 103. The lowest BCUT2D eigenvalue weighted by molar-refractivity contribution is 0.102. The van der Waals surface area contributed by atoms with Crippen molar-refractivity contribution in [2.75, 3.05) is 196 Å². The van der Waals surface area contributed by atoms with E-state index in [9.17, 15) is 14.4 Å². The summed E-state index contributed by atoms with van der Waals surface area (Å²) in [7, 11) is 10.6. The van der Waals surface area contributed by atoms with Gasteiger partial charge in [0.05, 0.1) is 81.1 Å². The fourth-order valence-electron chi connectivity index (χ4n) is 15.4. The van der Waals surface area contributed by atoms with Gasteiger partial charge in [-0.05, 0) is 155 Å². The highest BCUT2D eigenvalue weighted by Crippen LogP contribution is 2.43. The number of hydrogen-bond acceptors (Lipinski definition) is 38. The molecule has 32 nitrogen and oxygen atoms in total. The van der Waals surface area contributed by atoms with E-state index in [0.717, 1.165) is 213 Å². The first-order valence-corrected chi connectivity index (χ1v) is 53.5. The van der Waals surface area contributed by atoms with Crippen molar-refractivity contribution in [3.63, 3.8) is 0 Å². The normalized spacial score (nSPS) is 14.6. The number of furan rings is 1. The van der Waals surface area contributed by atoms with Crippen molar-refractivity contribution in [1.29, 1.82) is 5.26 Å². The summed E-state index contributed by atoms with van der Waals surface area (Å²) in [4.78, 5) is 115. The number of aldehydes is 2. The molecule has 0 amide bonds. The van der Waals surface area contributed by atoms with Crippen LogP contribution in [0.5, 0.6) is 29.4 Å². The molecular formula is C110H117N23O9S6. The Morgan fingerprint density at radius 2 is 0.696 bits per heavy atom. The number of Topliss-reactive ketones (excluding diaryl/α,β-unsaturated/α-hetero) is 1. The number of likely N-dealkylation sites (N-methyl/N-ethyl adjacent to an activating group) is 5. The highest BCUT2D eigenvalue weighted by molar-refractivity contribution is 8.01. The lowest BCUT2D eigenvalue weighted by Crippen LogP contribution is -2.45. The van der Waals surface area contributed by atoms with Crippen LogP contribution in [0.4, 0.5) is 35.6 Å². The molecule has 5 fully saturated rings. The topological polar surface area (TPSA) is 334 Å². The number of nitriles is 1. The number of nitrogens with two attached hydrogens (primary N) is 1. The summed E-state index contributed by atoms with van der Waals surface area (Å²) >= 11 is 8.85. The Hall–Kier alpha value is -14.1. The van der Waals surface area contributed by atoms with Crippen molar-refractivity contribution in [3.05, 3.63) is 323 Å². The summed E-state index contributed by atoms with van der Waals surface area (Å²) in [5, 5.41) is 9.60. The van der Waals surface area contributed by atoms with Crippen molar-refractivity contribution < 1.29 is 42.5 Å². The minimum absolute atomic E-state index is 0.0778. The van der Waals surface area contributed by atoms with Gasteiger partial charge in [0.1, 0.15) is 45.1 Å². The molecular weight excluding hydrogens is 1980 g/mol. The maximum absolute atomic E-state index is 11.6. The molecule has 15 aromatic rings. The first-order chi connectivity index (χ1) is 72.4. The third-order valence-corrected chi connectivity index (χ3v) is 30.4. The van der Waals surface area contributed by atoms with Crippen molar-refractivity contribution in [2.24, 2.45) is 0 Å². The van der Waals surface area contributed by atoms with Gasteiger partial charge in [0.2, 0.25) is 59.1 Å². The van der Waals surface area contributed by atoms with Crippen LogP contribution >= 0.6 is 70.1 Å².